The summed E-state index contributed by atoms with van der Waals surface area (Å²) >= 11 is 5.91. The number of benzene rings is 1. The van der Waals surface area contributed by atoms with E-state index in [1.807, 2.05) is 31.2 Å². The maximum absolute atomic E-state index is 5.91. The van der Waals surface area contributed by atoms with Crippen molar-refractivity contribution in [2.45, 2.75) is 32.9 Å². The first-order chi connectivity index (χ1) is 9.13. The summed E-state index contributed by atoms with van der Waals surface area (Å²) in [5.41, 5.74) is 1.13. The van der Waals surface area contributed by atoms with Gasteiger partial charge < -0.3 is 14.8 Å². The molecule has 0 aromatic heterocycles. The van der Waals surface area contributed by atoms with Gasteiger partial charge in [0.25, 0.3) is 0 Å². The normalized spacial score (nSPS) is 12.9. The lowest BCUT2D eigenvalue weighted by Crippen LogP contribution is -2.29. The van der Waals surface area contributed by atoms with Gasteiger partial charge in [0.1, 0.15) is 0 Å². The summed E-state index contributed by atoms with van der Waals surface area (Å²) in [6.07, 6.45) is 0.0279. The Morgan fingerprint density at radius 1 is 1.16 bits per heavy atom. The molecule has 4 heteroatoms. The number of hydrogen-bond acceptors (Lipinski definition) is 3. The molecule has 0 saturated carbocycles. The third-order valence-corrected chi connectivity index (χ3v) is 2.96. The van der Waals surface area contributed by atoms with Crippen LogP contribution in [-0.2, 0) is 9.47 Å². The summed E-state index contributed by atoms with van der Waals surface area (Å²) in [6, 6.07) is 8.24. The Bertz CT molecular complexity index is 341. The fraction of sp³-hybridized carbons (Fsp3) is 0.600. The molecular formula is C15H24ClNO2. The van der Waals surface area contributed by atoms with E-state index in [1.165, 1.54) is 0 Å². The number of halogens is 1. The van der Waals surface area contributed by atoms with Crippen molar-refractivity contribution in [1.82, 2.24) is 5.32 Å². The lowest BCUT2D eigenvalue weighted by atomic mass is 10.1. The monoisotopic (exact) mass is 285 g/mol. The van der Waals surface area contributed by atoms with Crippen molar-refractivity contribution in [3.05, 3.63) is 34.9 Å². The van der Waals surface area contributed by atoms with Crippen molar-refractivity contribution in [3.63, 3.8) is 0 Å². The predicted octanol–water partition coefficient (Wildman–Crippen LogP) is 3.43. The Morgan fingerprint density at radius 3 is 2.42 bits per heavy atom. The third kappa shape index (κ3) is 6.92. The van der Waals surface area contributed by atoms with Crippen LogP contribution < -0.4 is 5.32 Å². The molecular weight excluding hydrogens is 262 g/mol. The summed E-state index contributed by atoms with van der Waals surface area (Å²) in [6.45, 7) is 8.96. The average molecular weight is 286 g/mol. The van der Waals surface area contributed by atoms with Gasteiger partial charge in [0.15, 0.2) is 0 Å². The summed E-state index contributed by atoms with van der Waals surface area (Å²) in [7, 11) is 0. The van der Waals surface area contributed by atoms with Gasteiger partial charge in [0.05, 0.1) is 19.3 Å². The van der Waals surface area contributed by atoms with E-state index in [0.29, 0.717) is 19.3 Å². The van der Waals surface area contributed by atoms with Crippen LogP contribution in [0.3, 0.4) is 0 Å². The van der Waals surface area contributed by atoms with Crippen molar-refractivity contribution < 1.29 is 9.47 Å². The van der Waals surface area contributed by atoms with E-state index in [4.69, 9.17) is 21.1 Å². The van der Waals surface area contributed by atoms with Crippen LogP contribution in [-0.4, -0.2) is 32.4 Å². The highest BCUT2D eigenvalue weighted by atomic mass is 35.5. The molecule has 0 amide bonds. The molecule has 1 unspecified atom stereocenters. The van der Waals surface area contributed by atoms with E-state index in [9.17, 15) is 0 Å². The number of nitrogens with one attached hydrogen (secondary N) is 1. The zero-order chi connectivity index (χ0) is 14.1. The van der Waals surface area contributed by atoms with E-state index in [0.717, 1.165) is 23.7 Å². The molecule has 0 saturated heterocycles. The Balaban J connectivity index is 2.54. The minimum atomic E-state index is 0.0279. The second-order valence-corrected chi connectivity index (χ2v) is 5.11. The first-order valence-electron chi connectivity index (χ1n) is 6.81. The molecule has 1 aromatic rings. The molecule has 0 fully saturated rings. The first-order valence-corrected chi connectivity index (χ1v) is 7.19. The van der Waals surface area contributed by atoms with Gasteiger partial charge in [-0.1, -0.05) is 37.6 Å². The molecule has 0 radical (unpaired) electrons. The molecule has 19 heavy (non-hydrogen) atoms. The highest BCUT2D eigenvalue weighted by molar-refractivity contribution is 6.30. The molecule has 0 heterocycles. The molecule has 0 aliphatic heterocycles. The molecule has 0 spiro atoms. The van der Waals surface area contributed by atoms with Gasteiger partial charge in [-0.25, -0.2) is 0 Å². The zero-order valence-corrected chi connectivity index (χ0v) is 12.7. The smallest absolute Gasteiger partial charge is 0.0950 e. The van der Waals surface area contributed by atoms with Crippen LogP contribution in [0.2, 0.25) is 5.02 Å². The minimum absolute atomic E-state index is 0.0279. The fourth-order valence-electron chi connectivity index (χ4n) is 1.69. The van der Waals surface area contributed by atoms with E-state index < -0.39 is 0 Å². The quantitative estimate of drug-likeness (QED) is 0.705. The Labute approximate surface area is 121 Å². The van der Waals surface area contributed by atoms with Gasteiger partial charge in [-0.15, -0.1) is 0 Å². The Morgan fingerprint density at radius 2 is 1.84 bits per heavy atom. The van der Waals surface area contributed by atoms with Crippen LogP contribution in [0.15, 0.2) is 24.3 Å². The van der Waals surface area contributed by atoms with Gasteiger partial charge in [-0.3, -0.25) is 0 Å². The van der Waals surface area contributed by atoms with E-state index in [-0.39, 0.29) is 6.10 Å². The molecule has 1 aromatic carbocycles. The molecule has 3 nitrogen and oxygen atoms in total. The van der Waals surface area contributed by atoms with Gasteiger partial charge in [0, 0.05) is 24.2 Å². The topological polar surface area (TPSA) is 30.5 Å². The molecule has 1 atom stereocenters. The minimum Gasteiger partial charge on any atom is -0.379 e. The molecule has 1 rings (SSSR count). The number of hydrogen-bond donors (Lipinski definition) is 1. The highest BCUT2D eigenvalue weighted by Crippen LogP contribution is 2.19. The van der Waals surface area contributed by atoms with E-state index in [2.05, 4.69) is 19.2 Å². The summed E-state index contributed by atoms with van der Waals surface area (Å²) in [5, 5.41) is 4.14. The van der Waals surface area contributed by atoms with Gasteiger partial charge >= 0.3 is 0 Å². The van der Waals surface area contributed by atoms with Crippen molar-refractivity contribution in [2.24, 2.45) is 0 Å². The summed E-state index contributed by atoms with van der Waals surface area (Å²) in [4.78, 5) is 0. The van der Waals surface area contributed by atoms with Gasteiger partial charge in [0.2, 0.25) is 0 Å². The second kappa shape index (κ2) is 9.32. The maximum Gasteiger partial charge on any atom is 0.0950 e. The van der Waals surface area contributed by atoms with Crippen LogP contribution >= 0.6 is 11.6 Å². The molecule has 108 valence electrons. The van der Waals surface area contributed by atoms with Gasteiger partial charge in [-0.05, 0) is 24.6 Å². The molecule has 0 aliphatic rings. The fourth-order valence-corrected chi connectivity index (χ4v) is 1.81. The molecule has 0 aliphatic carbocycles. The zero-order valence-electron chi connectivity index (χ0n) is 12.0. The first kappa shape index (κ1) is 16.4. The Hall–Kier alpha value is -0.610. The lowest BCUT2D eigenvalue weighted by Gasteiger charge is -2.20. The average Bonchev–Trinajstić information content (AvgIpc) is 2.39. The third-order valence-electron chi connectivity index (χ3n) is 2.70. The molecule has 1 N–H and O–H groups in total. The van der Waals surface area contributed by atoms with E-state index in [1.54, 1.807) is 0 Å². The second-order valence-electron chi connectivity index (χ2n) is 4.67. The number of rotatable bonds is 9. The van der Waals surface area contributed by atoms with Crippen LogP contribution in [0.5, 0.6) is 0 Å². The van der Waals surface area contributed by atoms with Crippen LogP contribution in [0, 0.1) is 0 Å². The maximum atomic E-state index is 5.91. The van der Waals surface area contributed by atoms with Crippen molar-refractivity contribution in [3.8, 4) is 0 Å². The van der Waals surface area contributed by atoms with Crippen molar-refractivity contribution in [2.75, 3.05) is 26.4 Å². The summed E-state index contributed by atoms with van der Waals surface area (Å²) < 4.78 is 11.2. The van der Waals surface area contributed by atoms with Crippen LogP contribution in [0.25, 0.3) is 0 Å². The number of ether oxygens (including phenoxy) is 2. The van der Waals surface area contributed by atoms with Crippen LogP contribution in [0.1, 0.15) is 32.4 Å². The predicted molar refractivity (Wildman–Crippen MR) is 79.8 cm³/mol. The van der Waals surface area contributed by atoms with Crippen molar-refractivity contribution in [1.29, 1.82) is 0 Å². The van der Waals surface area contributed by atoms with E-state index >= 15 is 0 Å². The largest absolute Gasteiger partial charge is 0.379 e. The highest BCUT2D eigenvalue weighted by Gasteiger charge is 2.12. The van der Waals surface area contributed by atoms with Gasteiger partial charge in [-0.2, -0.15) is 0 Å². The Kier molecular flexibility index (Phi) is 8.07. The standard InChI is InChI=1S/C15H24ClNO2/c1-4-18-9-10-19-15(11-17-12(2)3)13-5-7-14(16)8-6-13/h5-8,12,15,17H,4,9-11H2,1-3H3. The SMILES string of the molecule is CCOCCOC(CNC(C)C)c1ccc(Cl)cc1. The van der Waals surface area contributed by atoms with Crippen molar-refractivity contribution >= 4 is 11.6 Å². The summed E-state index contributed by atoms with van der Waals surface area (Å²) in [5.74, 6) is 0. The lowest BCUT2D eigenvalue weighted by molar-refractivity contribution is 0.00617. The van der Waals surface area contributed by atoms with Crippen LogP contribution in [0.4, 0.5) is 0 Å². The molecule has 0 bridgehead atoms.